The highest BCUT2D eigenvalue weighted by molar-refractivity contribution is 5.44. The van der Waals surface area contributed by atoms with Gasteiger partial charge in [-0.25, -0.2) is 0 Å². The SMILES string of the molecule is c1ccc(Cn2ncc3c2CCC[C@H]3Nc2ccc3nnnn3n2)cc1. The van der Waals surface area contributed by atoms with Gasteiger partial charge in [0.05, 0.1) is 18.8 Å². The number of hydrogen-bond acceptors (Lipinski definition) is 6. The number of nitrogens with one attached hydrogen (secondary N) is 1. The predicted octanol–water partition coefficient (Wildman–Crippen LogP) is 2.25. The van der Waals surface area contributed by atoms with Crippen LogP contribution in [0.15, 0.2) is 48.7 Å². The lowest BCUT2D eigenvalue weighted by Crippen LogP contribution is -2.19. The van der Waals surface area contributed by atoms with Crippen molar-refractivity contribution < 1.29 is 0 Å². The Morgan fingerprint density at radius 2 is 2.04 bits per heavy atom. The summed E-state index contributed by atoms with van der Waals surface area (Å²) in [4.78, 5) is 0. The van der Waals surface area contributed by atoms with Gasteiger partial charge in [-0.2, -0.15) is 5.10 Å². The van der Waals surface area contributed by atoms with Crippen LogP contribution in [0.2, 0.25) is 0 Å². The molecule has 0 bridgehead atoms. The summed E-state index contributed by atoms with van der Waals surface area (Å²) < 4.78 is 3.56. The minimum atomic E-state index is 0.199. The fourth-order valence-electron chi connectivity index (χ4n) is 3.57. The lowest BCUT2D eigenvalue weighted by atomic mass is 9.93. The first-order valence-electron chi connectivity index (χ1n) is 8.77. The molecule has 0 unspecified atom stereocenters. The molecular formula is C18H18N8. The van der Waals surface area contributed by atoms with E-state index in [2.05, 4.69) is 60.0 Å². The van der Waals surface area contributed by atoms with Crippen LogP contribution in [0, 0.1) is 0 Å². The molecule has 5 rings (SSSR count). The third-order valence-corrected chi connectivity index (χ3v) is 4.83. The normalized spacial score (nSPS) is 16.5. The van der Waals surface area contributed by atoms with Gasteiger partial charge in [0.25, 0.3) is 0 Å². The summed E-state index contributed by atoms with van der Waals surface area (Å²) in [5.41, 5.74) is 4.46. The van der Waals surface area contributed by atoms with Gasteiger partial charge in [-0.05, 0) is 47.4 Å². The van der Waals surface area contributed by atoms with E-state index in [1.807, 2.05) is 24.4 Å². The van der Waals surface area contributed by atoms with Crippen LogP contribution in [0.25, 0.3) is 5.65 Å². The topological polar surface area (TPSA) is 85.8 Å². The van der Waals surface area contributed by atoms with Crippen LogP contribution >= 0.6 is 0 Å². The number of rotatable bonds is 4. The summed E-state index contributed by atoms with van der Waals surface area (Å²) in [6.07, 6.45) is 5.22. The zero-order chi connectivity index (χ0) is 17.3. The van der Waals surface area contributed by atoms with Crippen LogP contribution in [-0.2, 0) is 13.0 Å². The van der Waals surface area contributed by atoms with Gasteiger partial charge in [-0.3, -0.25) is 4.68 Å². The van der Waals surface area contributed by atoms with E-state index in [-0.39, 0.29) is 6.04 Å². The van der Waals surface area contributed by atoms with Crippen molar-refractivity contribution in [2.24, 2.45) is 0 Å². The van der Waals surface area contributed by atoms with E-state index in [1.54, 1.807) is 0 Å². The van der Waals surface area contributed by atoms with Gasteiger partial charge >= 0.3 is 0 Å². The summed E-state index contributed by atoms with van der Waals surface area (Å²) in [6, 6.07) is 14.4. The summed E-state index contributed by atoms with van der Waals surface area (Å²) in [5, 5.41) is 23.9. The second kappa shape index (κ2) is 6.21. The van der Waals surface area contributed by atoms with Crippen molar-refractivity contribution in [2.45, 2.75) is 31.8 Å². The van der Waals surface area contributed by atoms with Gasteiger partial charge < -0.3 is 5.32 Å². The molecule has 0 radical (unpaired) electrons. The number of aromatic nitrogens is 7. The van der Waals surface area contributed by atoms with Gasteiger partial charge in [0, 0.05) is 11.3 Å². The molecule has 3 heterocycles. The fraction of sp³-hybridized carbons (Fsp3) is 0.278. The molecule has 1 aliphatic carbocycles. The molecule has 0 aliphatic heterocycles. The molecule has 0 saturated carbocycles. The second-order valence-electron chi connectivity index (χ2n) is 6.52. The van der Waals surface area contributed by atoms with Gasteiger partial charge in [0.2, 0.25) is 0 Å². The molecule has 26 heavy (non-hydrogen) atoms. The number of tetrazole rings is 1. The molecule has 1 aliphatic rings. The highest BCUT2D eigenvalue weighted by Crippen LogP contribution is 2.32. The molecule has 1 atom stereocenters. The van der Waals surface area contributed by atoms with Crippen molar-refractivity contribution in [3.05, 3.63) is 65.5 Å². The Kier molecular flexibility index (Phi) is 3.59. The maximum absolute atomic E-state index is 4.65. The molecule has 1 aromatic carbocycles. The van der Waals surface area contributed by atoms with E-state index in [4.69, 9.17) is 0 Å². The number of benzene rings is 1. The minimum Gasteiger partial charge on any atom is -0.362 e. The van der Waals surface area contributed by atoms with Gasteiger partial charge in [0.1, 0.15) is 5.82 Å². The van der Waals surface area contributed by atoms with E-state index >= 15 is 0 Å². The molecule has 0 saturated heterocycles. The van der Waals surface area contributed by atoms with Gasteiger partial charge in [0.15, 0.2) is 5.65 Å². The Balaban J connectivity index is 1.41. The molecule has 0 spiro atoms. The Hall–Kier alpha value is -3.29. The van der Waals surface area contributed by atoms with Gasteiger partial charge in [-0.15, -0.1) is 14.8 Å². The van der Waals surface area contributed by atoms with Crippen LogP contribution in [0.1, 0.15) is 35.7 Å². The lowest BCUT2D eigenvalue weighted by molar-refractivity contribution is 0.554. The number of nitrogens with zero attached hydrogens (tertiary/aromatic N) is 7. The predicted molar refractivity (Wildman–Crippen MR) is 95.6 cm³/mol. The average Bonchev–Trinajstić information content (AvgIpc) is 3.30. The van der Waals surface area contributed by atoms with E-state index in [0.29, 0.717) is 5.65 Å². The standard InChI is InChI=1S/C18H18N8/c1-2-5-13(6-3-1)12-25-16-8-4-7-15(14(16)11-19-25)20-17-9-10-18-21-23-24-26(18)22-17/h1-3,5-6,9-11,15H,4,7-8,12H2,(H,20,22)/t15-/m1/s1. The first kappa shape index (κ1) is 15.0. The molecular weight excluding hydrogens is 328 g/mol. The van der Waals surface area contributed by atoms with E-state index in [9.17, 15) is 0 Å². The highest BCUT2D eigenvalue weighted by Gasteiger charge is 2.24. The van der Waals surface area contributed by atoms with Crippen molar-refractivity contribution in [2.75, 3.05) is 5.32 Å². The van der Waals surface area contributed by atoms with Gasteiger partial charge in [-0.1, -0.05) is 30.3 Å². The Morgan fingerprint density at radius 1 is 1.12 bits per heavy atom. The Labute approximate surface area is 149 Å². The summed E-state index contributed by atoms with van der Waals surface area (Å²) in [5.74, 6) is 0.762. The van der Waals surface area contributed by atoms with Crippen molar-refractivity contribution in [1.82, 2.24) is 35.0 Å². The van der Waals surface area contributed by atoms with Crippen molar-refractivity contribution in [3.8, 4) is 0 Å². The van der Waals surface area contributed by atoms with Crippen LogP contribution in [-0.4, -0.2) is 35.0 Å². The second-order valence-corrected chi connectivity index (χ2v) is 6.52. The zero-order valence-corrected chi connectivity index (χ0v) is 14.2. The first-order valence-corrected chi connectivity index (χ1v) is 8.77. The number of hydrogen-bond donors (Lipinski definition) is 1. The molecule has 3 aromatic heterocycles. The van der Waals surface area contributed by atoms with Crippen LogP contribution < -0.4 is 5.32 Å². The highest BCUT2D eigenvalue weighted by atomic mass is 15.6. The Bertz CT molecular complexity index is 1040. The van der Waals surface area contributed by atoms with Crippen LogP contribution in [0.5, 0.6) is 0 Å². The first-order chi connectivity index (χ1) is 12.9. The average molecular weight is 346 g/mol. The quantitative estimate of drug-likeness (QED) is 0.610. The zero-order valence-electron chi connectivity index (χ0n) is 14.2. The number of fused-ring (bicyclic) bond motifs is 2. The molecule has 0 fully saturated rings. The van der Waals surface area contributed by atoms with Crippen molar-refractivity contribution in [1.29, 1.82) is 0 Å². The van der Waals surface area contributed by atoms with E-state index in [1.165, 1.54) is 21.5 Å². The minimum absolute atomic E-state index is 0.199. The molecule has 0 amide bonds. The third kappa shape index (κ3) is 2.69. The monoisotopic (exact) mass is 346 g/mol. The lowest BCUT2D eigenvalue weighted by Gasteiger charge is -2.24. The summed E-state index contributed by atoms with van der Waals surface area (Å²) >= 11 is 0. The van der Waals surface area contributed by atoms with Crippen LogP contribution in [0.3, 0.4) is 0 Å². The fourth-order valence-corrected chi connectivity index (χ4v) is 3.57. The Morgan fingerprint density at radius 3 is 2.96 bits per heavy atom. The molecule has 8 heteroatoms. The van der Waals surface area contributed by atoms with E-state index in [0.717, 1.165) is 31.6 Å². The molecule has 4 aromatic rings. The molecule has 8 nitrogen and oxygen atoms in total. The largest absolute Gasteiger partial charge is 0.362 e. The summed E-state index contributed by atoms with van der Waals surface area (Å²) in [7, 11) is 0. The molecule has 130 valence electrons. The maximum atomic E-state index is 4.65. The van der Waals surface area contributed by atoms with E-state index < -0.39 is 0 Å². The third-order valence-electron chi connectivity index (χ3n) is 4.83. The number of anilines is 1. The van der Waals surface area contributed by atoms with Crippen molar-refractivity contribution in [3.63, 3.8) is 0 Å². The maximum Gasteiger partial charge on any atom is 0.200 e. The summed E-state index contributed by atoms with van der Waals surface area (Å²) in [6.45, 7) is 0.803. The molecule has 1 N–H and O–H groups in total. The smallest absolute Gasteiger partial charge is 0.200 e. The van der Waals surface area contributed by atoms with Crippen LogP contribution in [0.4, 0.5) is 5.82 Å². The van der Waals surface area contributed by atoms with Crippen molar-refractivity contribution >= 4 is 11.5 Å².